The van der Waals surface area contributed by atoms with Crippen molar-refractivity contribution in [2.75, 3.05) is 39.4 Å². The van der Waals surface area contributed by atoms with Gasteiger partial charge in [-0.2, -0.15) is 13.2 Å². The molecule has 0 aromatic heterocycles. The number of carbonyl (C=O) groups excluding carboxylic acids is 1. The highest BCUT2D eigenvalue weighted by atomic mass is 19.4. The first-order valence-corrected chi connectivity index (χ1v) is 9.76. The van der Waals surface area contributed by atoms with E-state index in [1.165, 1.54) is 0 Å². The molecule has 1 saturated heterocycles. The fourth-order valence-corrected chi connectivity index (χ4v) is 3.21. The minimum atomic E-state index is -4.35. The molecule has 0 bridgehead atoms. The average molecular weight is 422 g/mol. The van der Waals surface area contributed by atoms with Crippen LogP contribution in [0.3, 0.4) is 0 Å². The Hall–Kier alpha value is -2.74. The van der Waals surface area contributed by atoms with Crippen LogP contribution in [-0.4, -0.2) is 61.3 Å². The molecule has 0 unspecified atom stereocenters. The van der Waals surface area contributed by atoms with E-state index >= 15 is 0 Å². The fraction of sp³-hybridized carbons (Fsp3) is 0.409. The molecule has 1 fully saturated rings. The zero-order chi connectivity index (χ0) is 21.6. The minimum absolute atomic E-state index is 0.0167. The molecule has 0 atom stereocenters. The molecular weight excluding hydrogens is 397 g/mol. The maximum atomic E-state index is 12.4. The van der Waals surface area contributed by atoms with Crippen LogP contribution in [0, 0.1) is 6.92 Å². The van der Waals surface area contributed by atoms with Crippen molar-refractivity contribution < 1.29 is 27.4 Å². The van der Waals surface area contributed by atoms with Crippen molar-refractivity contribution in [2.24, 2.45) is 0 Å². The minimum Gasteiger partial charge on any atom is -0.484 e. The summed E-state index contributed by atoms with van der Waals surface area (Å²) < 4.78 is 46.9. The van der Waals surface area contributed by atoms with Gasteiger partial charge in [-0.25, -0.2) is 0 Å². The largest absolute Gasteiger partial charge is 0.484 e. The van der Waals surface area contributed by atoms with Crippen LogP contribution >= 0.6 is 0 Å². The second kappa shape index (κ2) is 9.84. The lowest BCUT2D eigenvalue weighted by molar-refractivity contribution is -0.153. The lowest BCUT2D eigenvalue weighted by Crippen LogP contribution is -2.49. The molecule has 1 aliphatic rings. The summed E-state index contributed by atoms with van der Waals surface area (Å²) in [4.78, 5) is 16.4. The highest BCUT2D eigenvalue weighted by Crippen LogP contribution is 2.20. The first-order chi connectivity index (χ1) is 14.3. The van der Waals surface area contributed by atoms with E-state index in [2.05, 4.69) is 4.90 Å². The van der Waals surface area contributed by atoms with Crippen molar-refractivity contribution in [2.45, 2.75) is 19.6 Å². The van der Waals surface area contributed by atoms with Gasteiger partial charge in [0.2, 0.25) is 0 Å². The predicted octanol–water partition coefficient (Wildman–Crippen LogP) is 3.66. The van der Waals surface area contributed by atoms with Gasteiger partial charge in [0.15, 0.2) is 13.2 Å². The third kappa shape index (κ3) is 6.95. The molecule has 0 aliphatic carbocycles. The van der Waals surface area contributed by atoms with Crippen LogP contribution in [0.2, 0.25) is 0 Å². The average Bonchev–Trinajstić information content (AvgIpc) is 2.71. The topological polar surface area (TPSA) is 42.0 Å². The van der Waals surface area contributed by atoms with Crippen molar-refractivity contribution in [1.82, 2.24) is 9.80 Å². The smallest absolute Gasteiger partial charge is 0.422 e. The summed E-state index contributed by atoms with van der Waals surface area (Å²) in [6, 6.07) is 14.2. The van der Waals surface area contributed by atoms with Gasteiger partial charge >= 0.3 is 6.18 Å². The van der Waals surface area contributed by atoms with Crippen molar-refractivity contribution >= 4 is 5.91 Å². The number of aryl methyl sites for hydroxylation is 1. The van der Waals surface area contributed by atoms with Gasteiger partial charge in [-0.1, -0.05) is 24.3 Å². The summed E-state index contributed by atoms with van der Waals surface area (Å²) in [7, 11) is 0. The van der Waals surface area contributed by atoms with E-state index in [0.717, 1.165) is 24.2 Å². The normalized spacial score (nSPS) is 15.1. The molecule has 30 heavy (non-hydrogen) atoms. The standard InChI is InChI=1S/C22H25F3N2O3/c1-17-3-2-4-20(13-17)29-15-21(28)27-11-9-26(10-12-27)14-18-5-7-19(8-6-18)30-16-22(23,24)25/h2-8,13H,9-12,14-16H2,1H3. The van der Waals surface area contributed by atoms with Gasteiger partial charge in [0, 0.05) is 32.7 Å². The maximum absolute atomic E-state index is 12.4. The molecule has 1 aliphatic heterocycles. The van der Waals surface area contributed by atoms with Gasteiger partial charge in [-0.3, -0.25) is 9.69 Å². The number of ether oxygens (including phenoxy) is 2. The third-order valence-corrected chi connectivity index (χ3v) is 4.81. The fourth-order valence-electron chi connectivity index (χ4n) is 3.21. The number of nitrogens with zero attached hydrogens (tertiary/aromatic N) is 2. The Balaban J connectivity index is 1.40. The number of alkyl halides is 3. The Morgan fingerprint density at radius 3 is 2.30 bits per heavy atom. The van der Waals surface area contributed by atoms with Crippen LogP contribution in [-0.2, 0) is 11.3 Å². The van der Waals surface area contributed by atoms with Gasteiger partial charge in [0.25, 0.3) is 5.91 Å². The van der Waals surface area contributed by atoms with Crippen LogP contribution in [0.4, 0.5) is 13.2 Å². The van der Waals surface area contributed by atoms with Crippen LogP contribution in [0.1, 0.15) is 11.1 Å². The van der Waals surface area contributed by atoms with Crippen LogP contribution in [0.15, 0.2) is 48.5 Å². The molecule has 0 saturated carbocycles. The molecule has 2 aromatic rings. The summed E-state index contributed by atoms with van der Waals surface area (Å²) in [5, 5.41) is 0. The van der Waals surface area contributed by atoms with Crippen LogP contribution < -0.4 is 9.47 Å². The number of hydrogen-bond acceptors (Lipinski definition) is 4. The molecule has 0 spiro atoms. The Kier molecular flexibility index (Phi) is 7.20. The number of piperazine rings is 1. The monoisotopic (exact) mass is 422 g/mol. The molecular formula is C22H25F3N2O3. The summed E-state index contributed by atoms with van der Waals surface area (Å²) in [5.41, 5.74) is 2.06. The van der Waals surface area contributed by atoms with E-state index in [4.69, 9.17) is 9.47 Å². The van der Waals surface area contributed by atoms with Gasteiger partial charge in [0.1, 0.15) is 11.5 Å². The van der Waals surface area contributed by atoms with Crippen molar-refractivity contribution in [3.8, 4) is 11.5 Å². The highest BCUT2D eigenvalue weighted by Gasteiger charge is 2.28. The van der Waals surface area contributed by atoms with E-state index < -0.39 is 12.8 Å². The van der Waals surface area contributed by atoms with Gasteiger partial charge in [-0.05, 0) is 42.3 Å². The summed E-state index contributed by atoms with van der Waals surface area (Å²) in [5.74, 6) is 0.840. The first-order valence-electron chi connectivity index (χ1n) is 9.76. The first kappa shape index (κ1) is 22.0. The molecule has 162 valence electrons. The van der Waals surface area contributed by atoms with E-state index in [9.17, 15) is 18.0 Å². The summed E-state index contributed by atoms with van der Waals surface area (Å²) >= 11 is 0. The molecule has 1 amide bonds. The van der Waals surface area contributed by atoms with Crippen LogP contribution in [0.25, 0.3) is 0 Å². The SMILES string of the molecule is Cc1cccc(OCC(=O)N2CCN(Cc3ccc(OCC(F)(F)F)cc3)CC2)c1. The van der Waals surface area contributed by atoms with E-state index in [0.29, 0.717) is 25.4 Å². The Morgan fingerprint density at radius 1 is 0.967 bits per heavy atom. The molecule has 1 heterocycles. The molecule has 3 rings (SSSR count). The number of amides is 1. The quantitative estimate of drug-likeness (QED) is 0.683. The van der Waals surface area contributed by atoms with Crippen molar-refractivity contribution in [1.29, 1.82) is 0 Å². The summed E-state index contributed by atoms with van der Waals surface area (Å²) in [6.45, 7) is 4.04. The molecule has 0 N–H and O–H groups in total. The number of carbonyl (C=O) groups is 1. The second-order valence-corrected chi connectivity index (χ2v) is 7.31. The number of rotatable bonds is 7. The third-order valence-electron chi connectivity index (χ3n) is 4.81. The van der Waals surface area contributed by atoms with E-state index in [1.807, 2.05) is 31.2 Å². The number of halogens is 3. The van der Waals surface area contributed by atoms with Crippen LogP contribution in [0.5, 0.6) is 11.5 Å². The van der Waals surface area contributed by atoms with Gasteiger partial charge in [0.05, 0.1) is 0 Å². The van der Waals surface area contributed by atoms with Gasteiger partial charge in [-0.15, -0.1) is 0 Å². The van der Waals surface area contributed by atoms with Gasteiger partial charge < -0.3 is 14.4 Å². The molecule has 5 nitrogen and oxygen atoms in total. The number of benzene rings is 2. The van der Waals surface area contributed by atoms with Crippen molar-refractivity contribution in [3.05, 3.63) is 59.7 Å². The Labute approximate surface area is 174 Å². The molecule has 2 aromatic carbocycles. The maximum Gasteiger partial charge on any atom is 0.422 e. The second-order valence-electron chi connectivity index (χ2n) is 7.31. The highest BCUT2D eigenvalue weighted by molar-refractivity contribution is 5.77. The molecule has 8 heteroatoms. The zero-order valence-electron chi connectivity index (χ0n) is 16.8. The lowest BCUT2D eigenvalue weighted by Gasteiger charge is -2.34. The number of hydrogen-bond donors (Lipinski definition) is 0. The molecule has 0 radical (unpaired) electrons. The van der Waals surface area contributed by atoms with E-state index in [1.54, 1.807) is 29.2 Å². The Bertz CT molecular complexity index is 832. The van der Waals surface area contributed by atoms with Crippen molar-refractivity contribution in [3.63, 3.8) is 0 Å². The van der Waals surface area contributed by atoms with E-state index in [-0.39, 0.29) is 18.3 Å². The zero-order valence-corrected chi connectivity index (χ0v) is 16.8. The summed E-state index contributed by atoms with van der Waals surface area (Å²) in [6.07, 6.45) is -4.35. The lowest BCUT2D eigenvalue weighted by atomic mass is 10.2. The predicted molar refractivity (Wildman–Crippen MR) is 107 cm³/mol. The Morgan fingerprint density at radius 2 is 1.67 bits per heavy atom.